The zero-order chi connectivity index (χ0) is 20.8. The van der Waals surface area contributed by atoms with Gasteiger partial charge in [-0.3, -0.25) is 4.79 Å². The van der Waals surface area contributed by atoms with Gasteiger partial charge in [-0.2, -0.15) is 0 Å². The van der Waals surface area contributed by atoms with Crippen molar-refractivity contribution in [1.29, 1.82) is 0 Å². The van der Waals surface area contributed by atoms with Crippen LogP contribution in [0.3, 0.4) is 0 Å². The minimum absolute atomic E-state index is 0.0617. The number of anilines is 1. The smallest absolute Gasteiger partial charge is 0.221 e. The average molecular weight is 455 g/mol. The van der Waals surface area contributed by atoms with Gasteiger partial charge >= 0.3 is 0 Å². The lowest BCUT2D eigenvalue weighted by atomic mass is 10.1. The summed E-state index contributed by atoms with van der Waals surface area (Å²) in [5.74, 6) is 1.63. The number of benzene rings is 2. The molecule has 1 heterocycles. The Balaban J connectivity index is 2.01. The molecule has 3 aromatic rings. The number of para-hydroxylation sites is 1. The fourth-order valence-corrected chi connectivity index (χ4v) is 3.68. The first-order valence-corrected chi connectivity index (χ1v) is 10.8. The Morgan fingerprint density at radius 1 is 1.10 bits per heavy atom. The van der Waals surface area contributed by atoms with Gasteiger partial charge in [-0.25, -0.2) is 9.97 Å². The molecular weight excluding hydrogens is 428 g/mol. The van der Waals surface area contributed by atoms with E-state index in [1.807, 2.05) is 62.4 Å². The van der Waals surface area contributed by atoms with Gasteiger partial charge in [0.05, 0.1) is 5.52 Å². The zero-order valence-electron chi connectivity index (χ0n) is 17.2. The molecule has 0 atom stereocenters. The second-order valence-corrected chi connectivity index (χ2v) is 8.27. The van der Waals surface area contributed by atoms with Crippen LogP contribution in [0.4, 0.5) is 5.82 Å². The molecule has 0 saturated heterocycles. The van der Waals surface area contributed by atoms with Crippen molar-refractivity contribution < 1.29 is 4.79 Å². The predicted molar refractivity (Wildman–Crippen MR) is 123 cm³/mol. The Morgan fingerprint density at radius 2 is 1.90 bits per heavy atom. The minimum Gasteiger partial charge on any atom is -0.355 e. The van der Waals surface area contributed by atoms with E-state index in [4.69, 9.17) is 9.97 Å². The molecule has 29 heavy (non-hydrogen) atoms. The predicted octanol–water partition coefficient (Wildman–Crippen LogP) is 5.19. The standard InChI is InChI=1S/C23H27BrN4O/c1-4-13-28(14-12-21(29)25-16(2)3)23-19-10-5-6-11-20(19)26-22(27-23)17-8-7-9-18(24)15-17/h5-11,15-16H,4,12-14H2,1-3H3,(H,25,29). The number of nitrogens with zero attached hydrogens (tertiary/aromatic N) is 3. The van der Waals surface area contributed by atoms with Gasteiger partial charge in [0.1, 0.15) is 5.82 Å². The number of hydrogen-bond donors (Lipinski definition) is 1. The molecule has 0 unspecified atom stereocenters. The fourth-order valence-electron chi connectivity index (χ4n) is 3.28. The second kappa shape index (κ2) is 9.83. The van der Waals surface area contributed by atoms with E-state index < -0.39 is 0 Å². The zero-order valence-corrected chi connectivity index (χ0v) is 18.7. The third kappa shape index (κ3) is 5.54. The summed E-state index contributed by atoms with van der Waals surface area (Å²) in [5.41, 5.74) is 1.86. The molecule has 6 heteroatoms. The molecule has 0 saturated carbocycles. The van der Waals surface area contributed by atoms with Gasteiger partial charge in [-0.15, -0.1) is 0 Å². The van der Waals surface area contributed by atoms with Crippen LogP contribution in [0.15, 0.2) is 53.0 Å². The highest BCUT2D eigenvalue weighted by molar-refractivity contribution is 9.10. The Kier molecular flexibility index (Phi) is 7.20. The van der Waals surface area contributed by atoms with Crippen molar-refractivity contribution in [3.05, 3.63) is 53.0 Å². The van der Waals surface area contributed by atoms with E-state index in [9.17, 15) is 4.79 Å². The van der Waals surface area contributed by atoms with Crippen LogP contribution in [0.1, 0.15) is 33.6 Å². The Bertz CT molecular complexity index is 990. The van der Waals surface area contributed by atoms with E-state index in [0.717, 1.165) is 39.7 Å². The monoisotopic (exact) mass is 454 g/mol. The van der Waals surface area contributed by atoms with Gasteiger partial charge in [-0.05, 0) is 44.5 Å². The van der Waals surface area contributed by atoms with Crippen LogP contribution in [0.2, 0.25) is 0 Å². The maximum atomic E-state index is 12.2. The molecule has 0 aliphatic heterocycles. The number of fused-ring (bicyclic) bond motifs is 1. The highest BCUT2D eigenvalue weighted by Crippen LogP contribution is 2.29. The first-order valence-electron chi connectivity index (χ1n) is 10.0. The number of halogens is 1. The lowest BCUT2D eigenvalue weighted by Gasteiger charge is -2.25. The highest BCUT2D eigenvalue weighted by Gasteiger charge is 2.16. The molecule has 0 aliphatic carbocycles. The van der Waals surface area contributed by atoms with Gasteiger partial charge in [0.15, 0.2) is 5.82 Å². The van der Waals surface area contributed by atoms with E-state index >= 15 is 0 Å². The Morgan fingerprint density at radius 3 is 2.62 bits per heavy atom. The quantitative estimate of drug-likeness (QED) is 0.508. The van der Waals surface area contributed by atoms with Crippen LogP contribution in [-0.2, 0) is 4.79 Å². The Labute approximate surface area is 180 Å². The van der Waals surface area contributed by atoms with Gasteiger partial charge in [0, 0.05) is 41.0 Å². The number of carbonyl (C=O) groups is 1. The molecule has 0 aliphatic rings. The molecule has 1 amide bonds. The number of carbonyl (C=O) groups excluding carboxylic acids is 1. The fraction of sp³-hybridized carbons (Fsp3) is 0.348. The molecule has 0 bridgehead atoms. The largest absolute Gasteiger partial charge is 0.355 e. The maximum absolute atomic E-state index is 12.2. The van der Waals surface area contributed by atoms with Crippen LogP contribution in [0.25, 0.3) is 22.3 Å². The average Bonchev–Trinajstić information content (AvgIpc) is 2.70. The van der Waals surface area contributed by atoms with E-state index in [2.05, 4.69) is 33.1 Å². The summed E-state index contributed by atoms with van der Waals surface area (Å²) in [4.78, 5) is 24.1. The van der Waals surface area contributed by atoms with Crippen LogP contribution in [0, 0.1) is 0 Å². The topological polar surface area (TPSA) is 58.1 Å². The SMILES string of the molecule is CCCN(CCC(=O)NC(C)C)c1nc(-c2cccc(Br)c2)nc2ccccc12. The normalized spacial score (nSPS) is 11.1. The summed E-state index contributed by atoms with van der Waals surface area (Å²) < 4.78 is 0.990. The molecule has 0 spiro atoms. The van der Waals surface area contributed by atoms with Crippen LogP contribution in [0.5, 0.6) is 0 Å². The summed E-state index contributed by atoms with van der Waals surface area (Å²) >= 11 is 3.53. The molecular formula is C23H27BrN4O. The van der Waals surface area contributed by atoms with Gasteiger partial charge < -0.3 is 10.2 Å². The van der Waals surface area contributed by atoms with E-state index in [1.54, 1.807) is 0 Å². The molecule has 2 aromatic carbocycles. The molecule has 5 nitrogen and oxygen atoms in total. The number of amides is 1. The van der Waals surface area contributed by atoms with Gasteiger partial charge in [0.2, 0.25) is 5.91 Å². The van der Waals surface area contributed by atoms with Crippen LogP contribution in [-0.4, -0.2) is 35.0 Å². The van der Waals surface area contributed by atoms with Crippen molar-refractivity contribution in [2.75, 3.05) is 18.0 Å². The second-order valence-electron chi connectivity index (χ2n) is 7.36. The third-order valence-electron chi connectivity index (χ3n) is 4.52. The number of aromatic nitrogens is 2. The summed E-state index contributed by atoms with van der Waals surface area (Å²) in [6.07, 6.45) is 1.40. The van der Waals surface area contributed by atoms with Crippen molar-refractivity contribution >= 4 is 38.6 Å². The number of rotatable bonds is 8. The van der Waals surface area contributed by atoms with E-state index in [0.29, 0.717) is 18.8 Å². The number of hydrogen-bond acceptors (Lipinski definition) is 4. The summed E-state index contributed by atoms with van der Waals surface area (Å²) in [5, 5.41) is 3.97. The molecule has 1 aromatic heterocycles. The molecule has 152 valence electrons. The van der Waals surface area contributed by atoms with Gasteiger partial charge in [-0.1, -0.05) is 47.1 Å². The molecule has 0 radical (unpaired) electrons. The van der Waals surface area contributed by atoms with E-state index in [1.165, 1.54) is 0 Å². The minimum atomic E-state index is 0.0617. The van der Waals surface area contributed by atoms with Crippen molar-refractivity contribution in [2.45, 2.75) is 39.7 Å². The lowest BCUT2D eigenvalue weighted by molar-refractivity contribution is -0.121. The van der Waals surface area contributed by atoms with Gasteiger partial charge in [0.25, 0.3) is 0 Å². The lowest BCUT2D eigenvalue weighted by Crippen LogP contribution is -2.35. The molecule has 3 rings (SSSR count). The van der Waals surface area contributed by atoms with Crippen molar-refractivity contribution in [3.8, 4) is 11.4 Å². The number of nitrogens with one attached hydrogen (secondary N) is 1. The first kappa shape index (κ1) is 21.2. The summed E-state index contributed by atoms with van der Waals surface area (Å²) in [6.45, 7) is 7.53. The van der Waals surface area contributed by atoms with Crippen molar-refractivity contribution in [2.24, 2.45) is 0 Å². The van der Waals surface area contributed by atoms with Crippen LogP contribution < -0.4 is 10.2 Å². The van der Waals surface area contributed by atoms with Crippen molar-refractivity contribution in [1.82, 2.24) is 15.3 Å². The third-order valence-corrected chi connectivity index (χ3v) is 5.01. The summed E-state index contributed by atoms with van der Waals surface area (Å²) in [7, 11) is 0. The molecule has 0 fully saturated rings. The van der Waals surface area contributed by atoms with Crippen molar-refractivity contribution in [3.63, 3.8) is 0 Å². The first-order chi connectivity index (χ1) is 14.0. The summed E-state index contributed by atoms with van der Waals surface area (Å²) in [6, 6.07) is 16.2. The van der Waals surface area contributed by atoms with Crippen LogP contribution >= 0.6 is 15.9 Å². The van der Waals surface area contributed by atoms with E-state index in [-0.39, 0.29) is 11.9 Å². The molecule has 1 N–H and O–H groups in total. The maximum Gasteiger partial charge on any atom is 0.221 e. The Hall–Kier alpha value is -2.47. The highest BCUT2D eigenvalue weighted by atomic mass is 79.9.